The Hall–Kier alpha value is -3.23. The van der Waals surface area contributed by atoms with Crippen LogP contribution in [-0.4, -0.2) is 46.0 Å². The van der Waals surface area contributed by atoms with E-state index in [9.17, 15) is 14.7 Å². The number of halogens is 1. The van der Waals surface area contributed by atoms with Crippen molar-refractivity contribution in [3.8, 4) is 11.4 Å². The summed E-state index contributed by atoms with van der Waals surface area (Å²) in [7, 11) is 3.82. The average Bonchev–Trinajstić information content (AvgIpc) is 3.11. The molecule has 1 N–H and O–H groups in total. The second-order valence-electron chi connectivity index (χ2n) is 8.18. The SMILES string of the molecule is CC[C@@]1(O)C(=O)OCc2c1cc1n(c2=O)Cc2cc3cc(N=CN(C)C)ccc3nc2-1.Cl. The number of carbonyl (C=O) groups excluding carboxylic acids is 1. The highest BCUT2D eigenvalue weighted by molar-refractivity contribution is 5.88. The molecular formula is C23H23ClN4O4. The molecule has 0 aliphatic carbocycles. The van der Waals surface area contributed by atoms with E-state index in [1.807, 2.05) is 43.3 Å². The summed E-state index contributed by atoms with van der Waals surface area (Å²) in [6.07, 6.45) is 1.86. The number of benzene rings is 1. The second-order valence-corrected chi connectivity index (χ2v) is 8.18. The van der Waals surface area contributed by atoms with Gasteiger partial charge in [0.15, 0.2) is 5.60 Å². The van der Waals surface area contributed by atoms with Gasteiger partial charge in [0.05, 0.1) is 41.0 Å². The lowest BCUT2D eigenvalue weighted by molar-refractivity contribution is -0.172. The second kappa shape index (κ2) is 7.72. The van der Waals surface area contributed by atoms with Crippen LogP contribution in [0.3, 0.4) is 0 Å². The topological polar surface area (TPSA) is 97.0 Å². The zero-order valence-corrected chi connectivity index (χ0v) is 18.8. The predicted molar refractivity (Wildman–Crippen MR) is 124 cm³/mol. The average molecular weight is 455 g/mol. The van der Waals surface area contributed by atoms with Gasteiger partial charge in [-0.25, -0.2) is 14.8 Å². The van der Waals surface area contributed by atoms with E-state index in [0.717, 1.165) is 22.2 Å². The Bertz CT molecular complexity index is 1350. The van der Waals surface area contributed by atoms with Gasteiger partial charge in [-0.3, -0.25) is 4.79 Å². The minimum atomic E-state index is -1.82. The van der Waals surface area contributed by atoms with Gasteiger partial charge < -0.3 is 19.3 Å². The smallest absolute Gasteiger partial charge is 0.343 e. The minimum Gasteiger partial charge on any atom is -0.458 e. The van der Waals surface area contributed by atoms with Crippen LogP contribution in [-0.2, 0) is 28.3 Å². The van der Waals surface area contributed by atoms with E-state index in [4.69, 9.17) is 9.72 Å². The number of aliphatic imine (C=N–C) groups is 1. The minimum absolute atomic E-state index is 0. The van der Waals surface area contributed by atoms with Gasteiger partial charge >= 0.3 is 5.97 Å². The van der Waals surface area contributed by atoms with E-state index >= 15 is 0 Å². The highest BCUT2D eigenvalue weighted by Gasteiger charge is 2.45. The van der Waals surface area contributed by atoms with Crippen molar-refractivity contribution in [2.24, 2.45) is 4.99 Å². The largest absolute Gasteiger partial charge is 0.458 e. The summed E-state index contributed by atoms with van der Waals surface area (Å²) in [6.45, 7) is 1.94. The first kappa shape index (κ1) is 22.0. The zero-order valence-electron chi connectivity index (χ0n) is 18.0. The fourth-order valence-corrected chi connectivity index (χ4v) is 4.24. The maximum atomic E-state index is 13.2. The van der Waals surface area contributed by atoms with Gasteiger partial charge in [0.1, 0.15) is 6.61 Å². The first-order valence-corrected chi connectivity index (χ1v) is 10.1. The molecule has 0 radical (unpaired) electrons. The number of hydrogen-bond donors (Lipinski definition) is 1. The molecule has 2 aliphatic rings. The fourth-order valence-electron chi connectivity index (χ4n) is 4.24. The highest BCUT2D eigenvalue weighted by Crippen LogP contribution is 2.38. The van der Waals surface area contributed by atoms with E-state index in [0.29, 0.717) is 29.1 Å². The van der Waals surface area contributed by atoms with E-state index in [-0.39, 0.29) is 31.0 Å². The summed E-state index contributed by atoms with van der Waals surface area (Å²) in [6, 6.07) is 9.49. The van der Waals surface area contributed by atoms with Crippen LogP contribution in [0.1, 0.15) is 30.0 Å². The maximum Gasteiger partial charge on any atom is 0.343 e. The third-order valence-corrected chi connectivity index (χ3v) is 5.93. The molecule has 166 valence electrons. The number of hydrogen-bond acceptors (Lipinski definition) is 6. The molecule has 2 aromatic heterocycles. The van der Waals surface area contributed by atoms with Crippen LogP contribution in [0.15, 0.2) is 40.1 Å². The quantitative estimate of drug-likeness (QED) is 0.290. The molecule has 0 fully saturated rings. The fraction of sp³-hybridized carbons (Fsp3) is 0.304. The molecule has 0 saturated carbocycles. The molecule has 0 saturated heterocycles. The number of aromatic nitrogens is 2. The van der Waals surface area contributed by atoms with E-state index in [2.05, 4.69) is 4.99 Å². The third kappa shape index (κ3) is 3.18. The van der Waals surface area contributed by atoms with Gasteiger partial charge in [-0.2, -0.15) is 0 Å². The molecule has 2 aliphatic heterocycles. The van der Waals surface area contributed by atoms with Gasteiger partial charge in [0, 0.05) is 30.6 Å². The van der Waals surface area contributed by atoms with Crippen molar-refractivity contribution in [2.45, 2.75) is 32.1 Å². The molecule has 3 aromatic rings. The predicted octanol–water partition coefficient (Wildman–Crippen LogP) is 2.72. The van der Waals surface area contributed by atoms with Crippen molar-refractivity contribution >= 4 is 41.3 Å². The van der Waals surface area contributed by atoms with E-state index in [1.165, 1.54) is 0 Å². The number of fused-ring (bicyclic) bond motifs is 5. The number of ether oxygens (including phenoxy) is 1. The summed E-state index contributed by atoms with van der Waals surface area (Å²) in [5.41, 5.74) is 2.38. The molecule has 32 heavy (non-hydrogen) atoms. The van der Waals surface area contributed by atoms with Crippen LogP contribution in [0.4, 0.5) is 5.69 Å². The highest BCUT2D eigenvalue weighted by atomic mass is 35.5. The van der Waals surface area contributed by atoms with Crippen molar-refractivity contribution < 1.29 is 14.6 Å². The molecule has 0 spiro atoms. The van der Waals surface area contributed by atoms with E-state index in [1.54, 1.807) is 23.9 Å². The standard InChI is InChI=1S/C23H22N4O4.ClH/c1-4-23(30)17-9-19-20-14(10-27(19)21(28)16(17)11-31-22(23)29)7-13-8-15(24-12-26(2)3)5-6-18(13)25-20;/h5-9,12,30H,4,10-11H2,1-3H3;1H/t23-;/m0./s1. The van der Waals surface area contributed by atoms with Crippen molar-refractivity contribution in [3.05, 3.63) is 57.4 Å². The summed E-state index contributed by atoms with van der Waals surface area (Å²) in [5.74, 6) is -0.720. The Kier molecular flexibility index (Phi) is 5.30. The molecule has 4 heterocycles. The lowest BCUT2D eigenvalue weighted by Crippen LogP contribution is -2.44. The van der Waals surface area contributed by atoms with Crippen LogP contribution >= 0.6 is 12.4 Å². The summed E-state index contributed by atoms with van der Waals surface area (Å²) in [4.78, 5) is 36.5. The van der Waals surface area contributed by atoms with Crippen LogP contribution in [0.25, 0.3) is 22.3 Å². The Morgan fingerprint density at radius 1 is 1.28 bits per heavy atom. The normalized spacial score (nSPS) is 18.7. The Morgan fingerprint density at radius 2 is 2.06 bits per heavy atom. The monoisotopic (exact) mass is 454 g/mol. The van der Waals surface area contributed by atoms with Crippen molar-refractivity contribution in [2.75, 3.05) is 14.1 Å². The van der Waals surface area contributed by atoms with Gasteiger partial charge in [0.25, 0.3) is 5.56 Å². The zero-order chi connectivity index (χ0) is 21.9. The first-order chi connectivity index (χ1) is 14.8. The van der Waals surface area contributed by atoms with Gasteiger partial charge in [0.2, 0.25) is 0 Å². The third-order valence-electron chi connectivity index (χ3n) is 5.93. The van der Waals surface area contributed by atoms with Gasteiger partial charge in [-0.05, 0) is 36.8 Å². The Balaban J connectivity index is 0.00000245. The molecule has 0 bridgehead atoms. The molecule has 0 amide bonds. The van der Waals surface area contributed by atoms with Crippen LogP contribution in [0.5, 0.6) is 0 Å². The summed E-state index contributed by atoms with van der Waals surface area (Å²) < 4.78 is 6.74. The summed E-state index contributed by atoms with van der Waals surface area (Å²) in [5, 5.41) is 11.9. The van der Waals surface area contributed by atoms with Crippen molar-refractivity contribution in [3.63, 3.8) is 0 Å². The molecule has 1 atom stereocenters. The number of esters is 1. The van der Waals surface area contributed by atoms with Crippen LogP contribution in [0.2, 0.25) is 0 Å². The van der Waals surface area contributed by atoms with E-state index < -0.39 is 11.6 Å². The lowest BCUT2D eigenvalue weighted by Gasteiger charge is -2.31. The number of pyridine rings is 2. The molecule has 0 unspecified atom stereocenters. The Labute approximate surface area is 190 Å². The number of carbonyl (C=O) groups is 1. The molecule has 9 heteroatoms. The number of nitrogens with zero attached hydrogens (tertiary/aromatic N) is 4. The van der Waals surface area contributed by atoms with Gasteiger partial charge in [-0.15, -0.1) is 12.4 Å². The maximum absolute atomic E-state index is 13.2. The van der Waals surface area contributed by atoms with Crippen molar-refractivity contribution in [1.29, 1.82) is 0 Å². The van der Waals surface area contributed by atoms with Crippen LogP contribution in [0, 0.1) is 0 Å². The number of cyclic esters (lactones) is 1. The lowest BCUT2D eigenvalue weighted by atomic mass is 9.86. The van der Waals surface area contributed by atoms with Gasteiger partial charge in [-0.1, -0.05) is 6.92 Å². The Morgan fingerprint density at radius 3 is 2.78 bits per heavy atom. The number of aliphatic hydroxyl groups is 1. The van der Waals surface area contributed by atoms with Crippen LogP contribution < -0.4 is 5.56 Å². The number of rotatable bonds is 3. The molecule has 5 rings (SSSR count). The molecule has 1 aromatic carbocycles. The molecular weight excluding hydrogens is 432 g/mol. The first-order valence-electron chi connectivity index (χ1n) is 10.1. The van der Waals surface area contributed by atoms with Crippen molar-refractivity contribution in [1.82, 2.24) is 14.5 Å². The summed E-state index contributed by atoms with van der Waals surface area (Å²) >= 11 is 0. The molecule has 8 nitrogen and oxygen atoms in total.